The Labute approximate surface area is 334 Å². The highest BCUT2D eigenvalue weighted by Crippen LogP contribution is 2.54. The molecule has 4 heteroatoms. The molecule has 1 heterocycles. The number of nitriles is 1. The van der Waals surface area contributed by atoms with Crippen LogP contribution in [0.1, 0.15) is 57.1 Å². The molecule has 1 aromatic heterocycles. The molecule has 8 aromatic rings. The summed E-state index contributed by atoms with van der Waals surface area (Å²) in [5.74, 6) is 4.16. The lowest BCUT2D eigenvalue weighted by molar-refractivity contribution is 0.0780. The first-order valence-corrected chi connectivity index (χ1v) is 20.4. The topological polar surface area (TPSA) is 62.5 Å². The number of benzene rings is 7. The van der Waals surface area contributed by atoms with Gasteiger partial charge in [0, 0.05) is 22.1 Å². The summed E-state index contributed by atoms with van der Waals surface area (Å²) in [7, 11) is 0. The van der Waals surface area contributed by atoms with Gasteiger partial charge < -0.3 is 0 Å². The number of hydrogen-bond donors (Lipinski definition) is 0. The van der Waals surface area contributed by atoms with Crippen LogP contribution in [0.5, 0.6) is 0 Å². The van der Waals surface area contributed by atoms with Gasteiger partial charge >= 0.3 is 0 Å². The second-order valence-corrected chi connectivity index (χ2v) is 16.9. The van der Waals surface area contributed by atoms with Crippen molar-refractivity contribution in [3.8, 4) is 62.5 Å². The lowest BCUT2D eigenvalue weighted by atomic mass is 9.54. The van der Waals surface area contributed by atoms with Crippen LogP contribution in [0.2, 0.25) is 0 Å². The SMILES string of the molecule is C[C@@H]1C[C@@H]2C[C@H](C)CC(c3ccc(-c4cc(-c5ccccc5)cc(-c5nc(-c6ccc7ccccc7c6)nc(-c6cccc7c(C#N)cccc67)n5)c4)cc3)(C1)C2. The van der Waals surface area contributed by atoms with Crippen LogP contribution in [0.25, 0.3) is 78.0 Å². The van der Waals surface area contributed by atoms with Gasteiger partial charge in [0.2, 0.25) is 0 Å². The fourth-order valence-corrected chi connectivity index (χ4v) is 10.5. The van der Waals surface area contributed by atoms with Crippen molar-refractivity contribution in [1.29, 1.82) is 5.26 Å². The lowest BCUT2D eigenvalue weighted by Gasteiger charge is -2.50. The van der Waals surface area contributed by atoms with Crippen LogP contribution in [-0.4, -0.2) is 15.0 Å². The maximum atomic E-state index is 9.96. The van der Waals surface area contributed by atoms with Crippen molar-refractivity contribution < 1.29 is 0 Å². The molecule has 2 saturated carbocycles. The Balaban J connectivity index is 1.14. The zero-order valence-corrected chi connectivity index (χ0v) is 32.5. The Morgan fingerprint density at radius 1 is 0.491 bits per heavy atom. The number of hydrogen-bond acceptors (Lipinski definition) is 4. The average Bonchev–Trinajstić information content (AvgIpc) is 3.25. The van der Waals surface area contributed by atoms with E-state index in [2.05, 4.69) is 135 Å². The van der Waals surface area contributed by atoms with Gasteiger partial charge in [-0.05, 0) is 130 Å². The molecule has 0 radical (unpaired) electrons. The normalized spacial score (nSPS) is 20.3. The van der Waals surface area contributed by atoms with Crippen molar-refractivity contribution in [3.05, 3.63) is 163 Å². The van der Waals surface area contributed by atoms with E-state index in [0.717, 1.165) is 72.7 Å². The van der Waals surface area contributed by atoms with Gasteiger partial charge in [0.25, 0.3) is 0 Å². The summed E-state index contributed by atoms with van der Waals surface area (Å²) in [4.78, 5) is 15.7. The standard InChI is InChI=1S/C53H44N4/c1-34-24-36-25-35(2)31-53(30-34,32-36)46-22-20-39(21-23-46)44-27-43(37-10-4-3-5-11-37)28-45(29-44)51-55-50(41-19-18-38-12-6-7-13-40(38)26-41)56-52(57-51)49-17-9-15-47-42(33-54)14-8-16-48(47)49/h3-23,26-29,34-36H,24-25,30-32H2,1-2H3/t34-,35+,36-,53?. The molecule has 10 rings (SSSR count). The number of nitrogens with zero attached hydrogens (tertiary/aromatic N) is 4. The van der Waals surface area contributed by atoms with Gasteiger partial charge in [-0.15, -0.1) is 0 Å². The van der Waals surface area contributed by atoms with Crippen molar-refractivity contribution in [1.82, 2.24) is 15.0 Å². The summed E-state index contributed by atoms with van der Waals surface area (Å²) in [6, 6.07) is 55.8. The Morgan fingerprint density at radius 3 is 1.82 bits per heavy atom. The molecule has 1 unspecified atom stereocenters. The van der Waals surface area contributed by atoms with Gasteiger partial charge in [-0.25, -0.2) is 15.0 Å². The molecule has 276 valence electrons. The van der Waals surface area contributed by atoms with Gasteiger partial charge in [-0.1, -0.05) is 135 Å². The van der Waals surface area contributed by atoms with Crippen molar-refractivity contribution in [3.63, 3.8) is 0 Å². The van der Waals surface area contributed by atoms with Gasteiger partial charge in [0.15, 0.2) is 17.5 Å². The Bertz CT molecular complexity index is 2810. The molecule has 2 aliphatic carbocycles. The van der Waals surface area contributed by atoms with Crippen LogP contribution in [0.4, 0.5) is 0 Å². The Hall–Kier alpha value is -6.44. The van der Waals surface area contributed by atoms with Crippen molar-refractivity contribution in [2.45, 2.75) is 51.4 Å². The predicted molar refractivity (Wildman–Crippen MR) is 233 cm³/mol. The molecule has 0 aliphatic heterocycles. The maximum Gasteiger partial charge on any atom is 0.164 e. The van der Waals surface area contributed by atoms with Crippen LogP contribution in [0.15, 0.2) is 152 Å². The molecule has 2 bridgehead atoms. The molecule has 0 saturated heterocycles. The third kappa shape index (κ3) is 6.58. The van der Waals surface area contributed by atoms with E-state index < -0.39 is 0 Å². The summed E-state index contributed by atoms with van der Waals surface area (Å²) in [5, 5.41) is 14.1. The zero-order chi connectivity index (χ0) is 38.5. The van der Waals surface area contributed by atoms with Crippen molar-refractivity contribution in [2.75, 3.05) is 0 Å². The molecule has 4 atom stereocenters. The molecule has 2 fully saturated rings. The fraction of sp³-hybridized carbons (Fsp3) is 0.208. The summed E-state index contributed by atoms with van der Waals surface area (Å²) < 4.78 is 0. The quantitative estimate of drug-likeness (QED) is 0.170. The first kappa shape index (κ1) is 35.0. The van der Waals surface area contributed by atoms with Crippen LogP contribution in [0.3, 0.4) is 0 Å². The van der Waals surface area contributed by atoms with Crippen LogP contribution in [-0.2, 0) is 5.41 Å². The minimum atomic E-state index is 0.283. The molecule has 57 heavy (non-hydrogen) atoms. The highest BCUT2D eigenvalue weighted by molar-refractivity contribution is 5.98. The molecule has 7 aromatic carbocycles. The summed E-state index contributed by atoms with van der Waals surface area (Å²) in [6.07, 6.45) is 6.65. The molecule has 2 aliphatic rings. The fourth-order valence-electron chi connectivity index (χ4n) is 10.5. The second-order valence-electron chi connectivity index (χ2n) is 16.9. The van der Waals surface area contributed by atoms with Crippen LogP contribution >= 0.6 is 0 Å². The zero-order valence-electron chi connectivity index (χ0n) is 32.5. The van der Waals surface area contributed by atoms with Gasteiger partial charge in [-0.2, -0.15) is 5.26 Å². The molecule has 0 spiro atoms. The van der Waals surface area contributed by atoms with E-state index in [1.54, 1.807) is 0 Å². The van der Waals surface area contributed by atoms with Crippen molar-refractivity contribution in [2.24, 2.45) is 17.8 Å². The largest absolute Gasteiger partial charge is 0.208 e. The Morgan fingerprint density at radius 2 is 1.09 bits per heavy atom. The third-order valence-corrected chi connectivity index (χ3v) is 12.7. The van der Waals surface area contributed by atoms with Crippen LogP contribution in [0, 0.1) is 29.1 Å². The minimum Gasteiger partial charge on any atom is -0.208 e. The number of aromatic nitrogens is 3. The lowest BCUT2D eigenvalue weighted by Crippen LogP contribution is -2.42. The summed E-state index contributed by atoms with van der Waals surface area (Å²) >= 11 is 0. The smallest absolute Gasteiger partial charge is 0.164 e. The highest BCUT2D eigenvalue weighted by atomic mass is 15.0. The maximum absolute atomic E-state index is 9.96. The molecular weight excluding hydrogens is 693 g/mol. The van der Waals surface area contributed by atoms with Gasteiger partial charge in [-0.3, -0.25) is 0 Å². The average molecular weight is 737 g/mol. The Kier molecular flexibility index (Phi) is 8.75. The minimum absolute atomic E-state index is 0.283. The molecule has 4 nitrogen and oxygen atoms in total. The van der Waals surface area contributed by atoms with E-state index in [1.165, 1.54) is 43.2 Å². The van der Waals surface area contributed by atoms with E-state index in [4.69, 9.17) is 15.0 Å². The molecule has 0 N–H and O–H groups in total. The molecule has 0 amide bonds. The highest BCUT2D eigenvalue weighted by Gasteiger charge is 2.45. The number of fused-ring (bicyclic) bond motifs is 4. The predicted octanol–water partition coefficient (Wildman–Crippen LogP) is 13.5. The number of rotatable bonds is 6. The van der Waals surface area contributed by atoms with Gasteiger partial charge in [0.05, 0.1) is 11.6 Å². The monoisotopic (exact) mass is 736 g/mol. The summed E-state index contributed by atoms with van der Waals surface area (Å²) in [5.41, 5.74) is 9.66. The van der Waals surface area contributed by atoms with E-state index in [9.17, 15) is 5.26 Å². The van der Waals surface area contributed by atoms with E-state index >= 15 is 0 Å². The molecular formula is C53H44N4. The summed E-state index contributed by atoms with van der Waals surface area (Å²) in [6.45, 7) is 4.92. The first-order chi connectivity index (χ1) is 27.9. The van der Waals surface area contributed by atoms with E-state index in [-0.39, 0.29) is 5.41 Å². The van der Waals surface area contributed by atoms with Crippen LogP contribution < -0.4 is 0 Å². The van der Waals surface area contributed by atoms with E-state index in [0.29, 0.717) is 23.0 Å². The second kappa shape index (κ2) is 14.3. The van der Waals surface area contributed by atoms with Gasteiger partial charge in [0.1, 0.15) is 0 Å². The first-order valence-electron chi connectivity index (χ1n) is 20.4. The van der Waals surface area contributed by atoms with E-state index in [1.807, 2.05) is 36.4 Å². The third-order valence-electron chi connectivity index (χ3n) is 12.7. The van der Waals surface area contributed by atoms with Crippen molar-refractivity contribution >= 4 is 21.5 Å².